The van der Waals surface area contributed by atoms with Crippen LogP contribution in [0.25, 0.3) is 0 Å². The van der Waals surface area contributed by atoms with Gasteiger partial charge in [0.15, 0.2) is 11.5 Å². The third kappa shape index (κ3) is 5.54. The number of hydrazone groups is 1. The maximum atomic E-state index is 12.9. The van der Waals surface area contributed by atoms with Gasteiger partial charge in [0.05, 0.1) is 13.3 Å². The highest BCUT2D eigenvalue weighted by molar-refractivity contribution is 6.35. The minimum Gasteiger partial charge on any atom is -0.493 e. The first-order valence-corrected chi connectivity index (χ1v) is 8.74. The molecule has 2 aromatic carbocycles. The van der Waals surface area contributed by atoms with Gasteiger partial charge in [0.1, 0.15) is 12.4 Å². The third-order valence-corrected chi connectivity index (χ3v) is 3.99. The second-order valence-electron chi connectivity index (χ2n) is 6.27. The van der Waals surface area contributed by atoms with Crippen LogP contribution in [-0.2, 0) is 16.2 Å². The maximum absolute atomic E-state index is 12.9. The average molecular weight is 385 g/mol. The lowest BCUT2D eigenvalue weighted by molar-refractivity contribution is -0.139. The zero-order valence-electron chi connectivity index (χ0n) is 15.3. The SMILES string of the molecule is COc1cc(/C=N\NC(=O)C(=O)NC2CC2)ccc1OCc1ccc(F)cc1. The van der Waals surface area contributed by atoms with Crippen molar-refractivity contribution >= 4 is 18.0 Å². The average Bonchev–Trinajstić information content (AvgIpc) is 3.51. The summed E-state index contributed by atoms with van der Waals surface area (Å²) in [6.45, 7) is 0.260. The molecule has 0 atom stereocenters. The van der Waals surface area contributed by atoms with Gasteiger partial charge in [-0.1, -0.05) is 12.1 Å². The smallest absolute Gasteiger partial charge is 0.329 e. The largest absolute Gasteiger partial charge is 0.493 e. The fraction of sp³-hybridized carbons (Fsp3) is 0.250. The molecule has 28 heavy (non-hydrogen) atoms. The van der Waals surface area contributed by atoms with Gasteiger partial charge in [-0.05, 0) is 54.3 Å². The summed E-state index contributed by atoms with van der Waals surface area (Å²) in [7, 11) is 1.50. The number of carbonyl (C=O) groups is 2. The maximum Gasteiger partial charge on any atom is 0.329 e. The molecule has 0 saturated heterocycles. The van der Waals surface area contributed by atoms with Crippen LogP contribution in [0, 0.1) is 5.82 Å². The lowest BCUT2D eigenvalue weighted by atomic mass is 10.2. The molecule has 1 fully saturated rings. The highest BCUT2D eigenvalue weighted by Gasteiger charge is 2.26. The van der Waals surface area contributed by atoms with Gasteiger partial charge >= 0.3 is 11.8 Å². The first kappa shape index (κ1) is 19.3. The summed E-state index contributed by atoms with van der Waals surface area (Å²) in [5.41, 5.74) is 3.65. The Kier molecular flexibility index (Phi) is 6.21. The van der Waals surface area contributed by atoms with Crippen LogP contribution in [0.15, 0.2) is 47.6 Å². The van der Waals surface area contributed by atoms with Crippen LogP contribution in [0.1, 0.15) is 24.0 Å². The molecule has 8 heteroatoms. The molecule has 1 saturated carbocycles. The molecular weight excluding hydrogens is 365 g/mol. The number of ether oxygens (including phenoxy) is 2. The zero-order chi connectivity index (χ0) is 19.9. The van der Waals surface area contributed by atoms with Gasteiger partial charge in [-0.15, -0.1) is 0 Å². The van der Waals surface area contributed by atoms with E-state index in [-0.39, 0.29) is 18.5 Å². The molecule has 0 radical (unpaired) electrons. The molecule has 1 aliphatic carbocycles. The summed E-state index contributed by atoms with van der Waals surface area (Å²) >= 11 is 0. The molecule has 7 nitrogen and oxygen atoms in total. The number of halogens is 1. The Balaban J connectivity index is 1.56. The normalized spacial score (nSPS) is 13.2. The van der Waals surface area contributed by atoms with E-state index in [9.17, 15) is 14.0 Å². The van der Waals surface area contributed by atoms with Crippen LogP contribution >= 0.6 is 0 Å². The number of benzene rings is 2. The standard InChI is InChI=1S/C20H20FN3O4/c1-27-18-10-14(11-22-24-20(26)19(25)23-16-7-8-16)4-9-17(18)28-12-13-2-5-15(21)6-3-13/h2-6,9-11,16H,7-8,12H2,1H3,(H,23,25)(H,24,26)/b22-11-. The van der Waals surface area contributed by atoms with Crippen LogP contribution in [-0.4, -0.2) is 31.2 Å². The predicted octanol–water partition coefficient (Wildman–Crippen LogP) is 2.14. The molecule has 1 aliphatic rings. The summed E-state index contributed by atoms with van der Waals surface area (Å²) in [6, 6.07) is 11.2. The van der Waals surface area contributed by atoms with Crippen molar-refractivity contribution in [2.24, 2.45) is 5.10 Å². The fourth-order valence-corrected chi connectivity index (χ4v) is 2.32. The molecule has 0 aromatic heterocycles. The van der Waals surface area contributed by atoms with Crippen molar-refractivity contribution < 1.29 is 23.5 Å². The molecule has 146 valence electrons. The molecule has 2 aromatic rings. The predicted molar refractivity (Wildman–Crippen MR) is 101 cm³/mol. The van der Waals surface area contributed by atoms with Gasteiger partial charge in [-0.25, -0.2) is 9.82 Å². The fourth-order valence-electron chi connectivity index (χ4n) is 2.32. The van der Waals surface area contributed by atoms with E-state index < -0.39 is 11.8 Å². The molecule has 2 amide bonds. The zero-order valence-corrected chi connectivity index (χ0v) is 15.3. The van der Waals surface area contributed by atoms with E-state index >= 15 is 0 Å². The van der Waals surface area contributed by atoms with Crippen molar-refractivity contribution in [3.05, 3.63) is 59.4 Å². The number of hydrogen-bond acceptors (Lipinski definition) is 5. The number of hydrogen-bond donors (Lipinski definition) is 2. The summed E-state index contributed by atoms with van der Waals surface area (Å²) in [5, 5.41) is 6.36. The van der Waals surface area contributed by atoms with Gasteiger partial charge in [0.2, 0.25) is 0 Å². The second-order valence-corrected chi connectivity index (χ2v) is 6.27. The first-order chi connectivity index (χ1) is 13.5. The lowest BCUT2D eigenvalue weighted by Crippen LogP contribution is -2.38. The monoisotopic (exact) mass is 385 g/mol. The van der Waals surface area contributed by atoms with E-state index in [1.54, 1.807) is 30.3 Å². The van der Waals surface area contributed by atoms with Crippen LogP contribution in [0.2, 0.25) is 0 Å². The number of amides is 2. The Labute approximate surface area is 161 Å². The summed E-state index contributed by atoms with van der Waals surface area (Å²) in [6.07, 6.45) is 3.20. The molecule has 0 bridgehead atoms. The van der Waals surface area contributed by atoms with Gasteiger partial charge in [0, 0.05) is 6.04 Å². The van der Waals surface area contributed by atoms with Crippen LogP contribution in [0.4, 0.5) is 4.39 Å². The minimum atomic E-state index is -0.811. The first-order valence-electron chi connectivity index (χ1n) is 8.74. The lowest BCUT2D eigenvalue weighted by Gasteiger charge is -2.11. The van der Waals surface area contributed by atoms with Gasteiger partial charge in [0.25, 0.3) is 0 Å². The van der Waals surface area contributed by atoms with E-state index in [2.05, 4.69) is 15.8 Å². The number of rotatable bonds is 7. The van der Waals surface area contributed by atoms with E-state index in [1.165, 1.54) is 25.5 Å². The number of methoxy groups -OCH3 is 1. The minimum absolute atomic E-state index is 0.106. The van der Waals surface area contributed by atoms with Crippen molar-refractivity contribution in [2.45, 2.75) is 25.5 Å². The van der Waals surface area contributed by atoms with Crippen molar-refractivity contribution in [3.8, 4) is 11.5 Å². The van der Waals surface area contributed by atoms with Crippen molar-refractivity contribution in [1.82, 2.24) is 10.7 Å². The molecular formula is C20H20FN3O4. The Morgan fingerprint density at radius 2 is 1.89 bits per heavy atom. The highest BCUT2D eigenvalue weighted by atomic mass is 19.1. The molecule has 0 unspecified atom stereocenters. The number of carbonyl (C=O) groups excluding carboxylic acids is 2. The topological polar surface area (TPSA) is 89.0 Å². The van der Waals surface area contributed by atoms with Crippen molar-refractivity contribution in [1.29, 1.82) is 0 Å². The second kappa shape index (κ2) is 8.98. The Hall–Kier alpha value is -3.42. The molecule has 0 aliphatic heterocycles. The Morgan fingerprint density at radius 3 is 2.57 bits per heavy atom. The van der Waals surface area contributed by atoms with E-state index in [1.807, 2.05) is 0 Å². The quantitative estimate of drug-likeness (QED) is 0.434. The van der Waals surface area contributed by atoms with Crippen LogP contribution in [0.3, 0.4) is 0 Å². The van der Waals surface area contributed by atoms with Crippen molar-refractivity contribution in [3.63, 3.8) is 0 Å². The Bertz CT molecular complexity index is 880. The molecule has 3 rings (SSSR count). The molecule has 0 heterocycles. The van der Waals surface area contributed by atoms with E-state index in [0.29, 0.717) is 17.1 Å². The van der Waals surface area contributed by atoms with E-state index in [0.717, 1.165) is 18.4 Å². The third-order valence-electron chi connectivity index (χ3n) is 3.99. The summed E-state index contributed by atoms with van der Waals surface area (Å²) in [4.78, 5) is 23.1. The number of nitrogens with zero attached hydrogens (tertiary/aromatic N) is 1. The summed E-state index contributed by atoms with van der Waals surface area (Å²) < 4.78 is 24.0. The van der Waals surface area contributed by atoms with Gasteiger partial charge in [-0.3, -0.25) is 9.59 Å². The molecule has 2 N–H and O–H groups in total. The van der Waals surface area contributed by atoms with Gasteiger partial charge < -0.3 is 14.8 Å². The molecule has 0 spiro atoms. The number of nitrogens with one attached hydrogen (secondary N) is 2. The summed E-state index contributed by atoms with van der Waals surface area (Å²) in [5.74, 6) is -0.820. The van der Waals surface area contributed by atoms with Crippen LogP contribution in [0.5, 0.6) is 11.5 Å². The Morgan fingerprint density at radius 1 is 1.14 bits per heavy atom. The van der Waals surface area contributed by atoms with Gasteiger partial charge in [-0.2, -0.15) is 5.10 Å². The van der Waals surface area contributed by atoms with Crippen LogP contribution < -0.4 is 20.2 Å². The highest BCUT2D eigenvalue weighted by Crippen LogP contribution is 2.28. The van der Waals surface area contributed by atoms with E-state index in [4.69, 9.17) is 9.47 Å². The van der Waals surface area contributed by atoms with Crippen molar-refractivity contribution in [2.75, 3.05) is 7.11 Å².